The fourth-order valence-corrected chi connectivity index (χ4v) is 8.13. The van der Waals surface area contributed by atoms with E-state index in [4.69, 9.17) is 18.6 Å². The molecule has 290 valence electrons. The van der Waals surface area contributed by atoms with Crippen molar-refractivity contribution in [3.05, 3.63) is 158 Å². The maximum atomic E-state index is 14.4. The highest BCUT2D eigenvalue weighted by molar-refractivity contribution is 5.90. The van der Waals surface area contributed by atoms with Crippen LogP contribution in [0.2, 0.25) is 0 Å². The molecule has 56 heavy (non-hydrogen) atoms. The molecule has 0 unspecified atom stereocenters. The van der Waals surface area contributed by atoms with Crippen molar-refractivity contribution >= 4 is 22.9 Å². The molecule has 4 heterocycles. The normalized spacial score (nSPS) is 19.8. The van der Waals surface area contributed by atoms with E-state index in [2.05, 4.69) is 72.8 Å². The zero-order valence-corrected chi connectivity index (χ0v) is 33.4. The first kappa shape index (κ1) is 38.8. The monoisotopic (exact) mass is 752 g/mol. The van der Waals surface area contributed by atoms with Crippen molar-refractivity contribution in [2.45, 2.75) is 110 Å². The fourth-order valence-electron chi connectivity index (χ4n) is 8.13. The smallest absolute Gasteiger partial charge is 0.339 e. The molecule has 0 N–H and O–H groups in total. The minimum absolute atomic E-state index is 0.0383. The van der Waals surface area contributed by atoms with Gasteiger partial charge in [-0.15, -0.1) is 0 Å². The van der Waals surface area contributed by atoms with Crippen molar-refractivity contribution in [2.75, 3.05) is 0 Å². The van der Waals surface area contributed by atoms with Crippen LogP contribution in [0.15, 0.2) is 117 Å². The molecule has 0 saturated carbocycles. The quantitative estimate of drug-likeness (QED) is 0.0969. The van der Waals surface area contributed by atoms with Crippen LogP contribution in [0.1, 0.15) is 112 Å². The Labute approximate surface area is 329 Å². The lowest BCUT2D eigenvalue weighted by Crippen LogP contribution is -2.52. The first-order valence-electron chi connectivity index (χ1n) is 19.9. The molecule has 7 heteroatoms. The molecule has 7 nitrogen and oxygen atoms in total. The van der Waals surface area contributed by atoms with Crippen molar-refractivity contribution in [1.29, 1.82) is 0 Å². The average molecular weight is 753 g/mol. The van der Waals surface area contributed by atoms with Crippen molar-refractivity contribution in [3.8, 4) is 5.75 Å². The van der Waals surface area contributed by atoms with Crippen LogP contribution < -0.4 is 10.4 Å². The van der Waals surface area contributed by atoms with E-state index < -0.39 is 35.4 Å². The molecule has 2 bridgehead atoms. The topological polar surface area (TPSA) is 92.0 Å². The van der Waals surface area contributed by atoms with E-state index in [0.717, 1.165) is 36.0 Å². The summed E-state index contributed by atoms with van der Waals surface area (Å²) in [6.07, 6.45) is 2.27. The predicted molar refractivity (Wildman–Crippen MR) is 219 cm³/mol. The molecular weight excluding hydrogens is 701 g/mol. The van der Waals surface area contributed by atoms with E-state index in [1.165, 1.54) is 16.7 Å². The molecule has 3 aliphatic heterocycles. The van der Waals surface area contributed by atoms with Gasteiger partial charge in [0.2, 0.25) is 0 Å². The Morgan fingerprint density at radius 1 is 0.768 bits per heavy atom. The van der Waals surface area contributed by atoms with Gasteiger partial charge >= 0.3 is 17.6 Å². The largest absolute Gasteiger partial charge is 0.483 e. The minimum Gasteiger partial charge on any atom is -0.483 e. The van der Waals surface area contributed by atoms with Gasteiger partial charge in [0.15, 0.2) is 12.2 Å². The van der Waals surface area contributed by atoms with Crippen molar-refractivity contribution in [3.63, 3.8) is 0 Å². The first-order chi connectivity index (χ1) is 26.8. The number of esters is 2. The summed E-state index contributed by atoms with van der Waals surface area (Å²) in [5.41, 5.74) is 7.03. The Balaban J connectivity index is 1.26. The molecule has 3 aliphatic rings. The third-order valence-electron chi connectivity index (χ3n) is 11.3. The summed E-state index contributed by atoms with van der Waals surface area (Å²) >= 11 is 0. The number of carbonyl (C=O) groups excluding carboxylic acids is 2. The summed E-state index contributed by atoms with van der Waals surface area (Å²) in [6, 6.07) is 33.1. The second kappa shape index (κ2) is 16.4. The minimum atomic E-state index is -1.10. The summed E-state index contributed by atoms with van der Waals surface area (Å²) in [6.45, 7) is 11.3. The number of rotatable bonds is 6. The number of hydrogen-bond donors (Lipinski definition) is 0. The molecular formula is C49H52O7. The average Bonchev–Trinajstić information content (AvgIpc) is 3.15. The molecule has 0 amide bonds. The molecule has 3 atom stereocenters. The van der Waals surface area contributed by atoms with Crippen LogP contribution >= 0.6 is 0 Å². The molecule has 4 aromatic carbocycles. The van der Waals surface area contributed by atoms with E-state index >= 15 is 0 Å². The highest BCUT2D eigenvalue weighted by Crippen LogP contribution is 2.47. The van der Waals surface area contributed by atoms with E-state index in [0.29, 0.717) is 47.1 Å². The summed E-state index contributed by atoms with van der Waals surface area (Å²) in [4.78, 5) is 41.8. The first-order valence-corrected chi connectivity index (χ1v) is 19.9. The summed E-state index contributed by atoms with van der Waals surface area (Å²) in [5, 5.41) is 0.670. The SMILES string of the molecule is CC(C)=C1CCc2ccc(cc2)C[C@H](CCc2cccc(Cc3ccccc3)c2)CC(=O)O[C@H]2c3c(ccc4cc(C(C)C)c(=O)oc34)OC(C)(C)[C@H]2OC1=O. The van der Waals surface area contributed by atoms with Gasteiger partial charge in [0, 0.05) is 22.9 Å². The second-order valence-corrected chi connectivity index (χ2v) is 16.6. The van der Waals surface area contributed by atoms with Gasteiger partial charge in [0.25, 0.3) is 0 Å². The molecule has 8 rings (SSSR count). The summed E-state index contributed by atoms with van der Waals surface area (Å²) in [5.74, 6) is -0.597. The number of benzene rings is 4. The van der Waals surface area contributed by atoms with Crippen LogP contribution in [0.4, 0.5) is 0 Å². The molecule has 5 aromatic rings. The van der Waals surface area contributed by atoms with Crippen LogP contribution in [0.3, 0.4) is 0 Å². The van der Waals surface area contributed by atoms with Gasteiger partial charge in [-0.2, -0.15) is 0 Å². The number of carbonyl (C=O) groups is 2. The summed E-state index contributed by atoms with van der Waals surface area (Å²) < 4.78 is 25.4. The Hall–Kier alpha value is -5.43. The molecule has 0 spiro atoms. The predicted octanol–water partition coefficient (Wildman–Crippen LogP) is 10.3. The third-order valence-corrected chi connectivity index (χ3v) is 11.3. The van der Waals surface area contributed by atoms with Gasteiger partial charge in [0.1, 0.15) is 16.9 Å². The van der Waals surface area contributed by atoms with Crippen LogP contribution in [-0.2, 0) is 44.7 Å². The third kappa shape index (κ3) is 8.67. The van der Waals surface area contributed by atoms with Crippen molar-refractivity contribution < 1.29 is 28.2 Å². The van der Waals surface area contributed by atoms with Crippen LogP contribution in [0, 0.1) is 5.92 Å². The van der Waals surface area contributed by atoms with Gasteiger partial charge in [-0.3, -0.25) is 4.79 Å². The molecule has 0 saturated heterocycles. The summed E-state index contributed by atoms with van der Waals surface area (Å²) in [7, 11) is 0. The molecule has 0 aliphatic carbocycles. The number of fused-ring (bicyclic) bond motifs is 13. The zero-order valence-electron chi connectivity index (χ0n) is 33.4. The van der Waals surface area contributed by atoms with Gasteiger partial charge < -0.3 is 18.6 Å². The lowest BCUT2D eigenvalue weighted by molar-refractivity contribution is -0.188. The number of hydrogen-bond acceptors (Lipinski definition) is 7. The highest BCUT2D eigenvalue weighted by Gasteiger charge is 2.50. The second-order valence-electron chi connectivity index (χ2n) is 16.6. The molecule has 0 radical (unpaired) electrons. The highest BCUT2D eigenvalue weighted by atomic mass is 16.6. The molecule has 0 fully saturated rings. The van der Waals surface area contributed by atoms with E-state index in [-0.39, 0.29) is 23.8 Å². The number of allylic oxidation sites excluding steroid dienone is 1. The van der Waals surface area contributed by atoms with Crippen molar-refractivity contribution in [1.82, 2.24) is 0 Å². The van der Waals surface area contributed by atoms with E-state index in [9.17, 15) is 14.4 Å². The lowest BCUT2D eigenvalue weighted by Gasteiger charge is -2.43. The van der Waals surface area contributed by atoms with E-state index in [1.54, 1.807) is 0 Å². The van der Waals surface area contributed by atoms with Crippen LogP contribution in [0.25, 0.3) is 11.0 Å². The van der Waals surface area contributed by atoms with Gasteiger partial charge in [-0.1, -0.05) is 98.3 Å². The number of ether oxygens (including phenoxy) is 3. The van der Waals surface area contributed by atoms with Gasteiger partial charge in [-0.25, -0.2) is 9.59 Å². The Morgan fingerprint density at radius 2 is 1.48 bits per heavy atom. The standard InChI is InChI=1S/C49H52O7/c1-30(2)39-23-21-32-15-17-35(18-16-32)27-37(20-19-34-13-10-14-36(26-34)25-33-11-8-7-9-12-33)28-42(50)53-45-43-41(56-49(5,6)46(45)55-47(39)51)24-22-38-29-40(31(3)4)48(52)54-44(38)43/h7-18,22,24,26,29,31,37,45-46H,19-21,23,25,27-28H2,1-6H3/t37-,45-,46-/m0/s1. The van der Waals surface area contributed by atoms with Crippen LogP contribution in [0.5, 0.6) is 5.75 Å². The molecule has 1 aromatic heterocycles. The Bertz CT molecular complexity index is 2310. The maximum absolute atomic E-state index is 14.4. The van der Waals surface area contributed by atoms with Crippen molar-refractivity contribution in [2.24, 2.45) is 5.92 Å². The zero-order chi connectivity index (χ0) is 39.6. The van der Waals surface area contributed by atoms with Gasteiger partial charge in [0.05, 0.1) is 5.56 Å². The Morgan fingerprint density at radius 3 is 2.21 bits per heavy atom. The fraction of sp³-hybridized carbons (Fsp3) is 0.367. The van der Waals surface area contributed by atoms with Crippen LogP contribution in [-0.4, -0.2) is 23.6 Å². The lowest BCUT2D eigenvalue weighted by atomic mass is 9.86. The van der Waals surface area contributed by atoms with E-state index in [1.807, 2.05) is 65.8 Å². The van der Waals surface area contributed by atoms with Gasteiger partial charge in [-0.05, 0) is 124 Å². The number of aryl methyl sites for hydroxylation is 2. The maximum Gasteiger partial charge on any atom is 0.339 e. The Kier molecular flexibility index (Phi) is 11.3.